The number of pyridine rings is 1. The Labute approximate surface area is 181 Å². The molecule has 0 spiro atoms. The molecule has 1 aromatic carbocycles. The Kier molecular flexibility index (Phi) is 8.24. The quantitative estimate of drug-likeness (QED) is 0.579. The number of carbonyl (C=O) groups is 2. The average Bonchev–Trinajstić information content (AvgIpc) is 2.68. The lowest BCUT2D eigenvalue weighted by Crippen LogP contribution is -2.34. The Balaban J connectivity index is 2.47. The number of phenols is 1. The molecule has 0 fully saturated rings. The molecule has 0 saturated heterocycles. The maximum Gasteiger partial charge on any atom is 0.263 e. The molecule has 1 heterocycles. The van der Waals surface area contributed by atoms with E-state index in [1.165, 1.54) is 35.0 Å². The molecule has 1 amide bonds. The molecule has 2 N–H and O–H groups in total. The van der Waals surface area contributed by atoms with Gasteiger partial charge in [-0.1, -0.05) is 39.3 Å². The largest absolute Gasteiger partial charge is 0.507 e. The molecule has 162 valence electrons. The number of aromatic hydroxyl groups is 1. The first-order valence-electron chi connectivity index (χ1n) is 10.2. The third-order valence-corrected chi connectivity index (χ3v) is 4.99. The first-order valence-corrected chi connectivity index (χ1v) is 10.5. The van der Waals surface area contributed by atoms with Gasteiger partial charge in [-0.3, -0.25) is 14.4 Å². The molecule has 0 unspecified atom stereocenters. The van der Waals surface area contributed by atoms with Crippen molar-refractivity contribution in [3.63, 3.8) is 0 Å². The summed E-state index contributed by atoms with van der Waals surface area (Å²) < 4.78 is 1.40. The Hall–Kier alpha value is -2.60. The van der Waals surface area contributed by atoms with E-state index >= 15 is 0 Å². The zero-order chi connectivity index (χ0) is 22.4. The van der Waals surface area contributed by atoms with E-state index in [1.54, 1.807) is 0 Å². The summed E-state index contributed by atoms with van der Waals surface area (Å²) in [6, 6.07) is 5.47. The fourth-order valence-corrected chi connectivity index (χ4v) is 3.07. The Morgan fingerprint density at radius 2 is 1.73 bits per heavy atom. The van der Waals surface area contributed by atoms with E-state index in [2.05, 4.69) is 5.32 Å². The van der Waals surface area contributed by atoms with Gasteiger partial charge in [0.2, 0.25) is 0 Å². The van der Waals surface area contributed by atoms with Crippen LogP contribution in [0, 0.1) is 11.8 Å². The standard InChI is InChI=1S/C23H29ClN2O4/c1-14(2)7-9-25-22(29)19-11-16(13-26(23(19)30)10-8-15(3)4)21(28)18-12-17(24)5-6-20(18)27/h5-6,11-15,27H,7-10H2,1-4H3,(H,25,29). The number of amides is 1. The number of halogens is 1. The molecule has 30 heavy (non-hydrogen) atoms. The van der Waals surface area contributed by atoms with Crippen LogP contribution in [0.4, 0.5) is 0 Å². The highest BCUT2D eigenvalue weighted by atomic mass is 35.5. The maximum atomic E-state index is 13.0. The Bertz CT molecular complexity index is 980. The van der Waals surface area contributed by atoms with Gasteiger partial charge in [0.15, 0.2) is 5.78 Å². The van der Waals surface area contributed by atoms with E-state index in [9.17, 15) is 19.5 Å². The summed E-state index contributed by atoms with van der Waals surface area (Å²) in [6.07, 6.45) is 2.94. The molecular weight excluding hydrogens is 404 g/mol. The van der Waals surface area contributed by atoms with Crippen molar-refractivity contribution in [2.24, 2.45) is 11.8 Å². The highest BCUT2D eigenvalue weighted by Gasteiger charge is 2.20. The molecule has 7 heteroatoms. The number of nitrogens with one attached hydrogen (secondary N) is 1. The number of carbonyl (C=O) groups excluding carboxylic acids is 2. The highest BCUT2D eigenvalue weighted by Crippen LogP contribution is 2.24. The summed E-state index contributed by atoms with van der Waals surface area (Å²) in [5.41, 5.74) is -0.368. The van der Waals surface area contributed by atoms with Crippen LogP contribution in [0.5, 0.6) is 5.75 Å². The normalized spacial score (nSPS) is 11.2. The summed E-state index contributed by atoms with van der Waals surface area (Å²) in [7, 11) is 0. The summed E-state index contributed by atoms with van der Waals surface area (Å²) >= 11 is 5.97. The third kappa shape index (κ3) is 6.20. The van der Waals surface area contributed by atoms with E-state index in [1.807, 2.05) is 27.7 Å². The van der Waals surface area contributed by atoms with Crippen molar-refractivity contribution in [2.75, 3.05) is 6.54 Å². The lowest BCUT2D eigenvalue weighted by Gasteiger charge is -2.14. The zero-order valence-corrected chi connectivity index (χ0v) is 18.6. The minimum atomic E-state index is -0.510. The van der Waals surface area contributed by atoms with Crippen molar-refractivity contribution < 1.29 is 14.7 Å². The van der Waals surface area contributed by atoms with Gasteiger partial charge >= 0.3 is 0 Å². The molecule has 0 aliphatic carbocycles. The summed E-state index contributed by atoms with van der Waals surface area (Å²) in [6.45, 7) is 8.97. The first kappa shape index (κ1) is 23.7. The topological polar surface area (TPSA) is 88.4 Å². The highest BCUT2D eigenvalue weighted by molar-refractivity contribution is 6.31. The van der Waals surface area contributed by atoms with E-state index < -0.39 is 17.2 Å². The average molecular weight is 433 g/mol. The molecule has 0 aliphatic heterocycles. The van der Waals surface area contributed by atoms with E-state index in [0.717, 1.165) is 6.42 Å². The lowest BCUT2D eigenvalue weighted by atomic mass is 10.0. The van der Waals surface area contributed by atoms with Crippen molar-refractivity contribution in [2.45, 2.75) is 47.1 Å². The second-order valence-electron chi connectivity index (χ2n) is 8.25. The minimum Gasteiger partial charge on any atom is -0.507 e. The summed E-state index contributed by atoms with van der Waals surface area (Å²) in [5.74, 6) is -0.482. The van der Waals surface area contributed by atoms with Gasteiger partial charge in [0, 0.05) is 29.9 Å². The fourth-order valence-electron chi connectivity index (χ4n) is 2.90. The predicted octanol–water partition coefficient (Wildman–Crippen LogP) is 4.26. The number of phenolic OH excluding ortho intramolecular Hbond substituents is 1. The van der Waals surface area contributed by atoms with E-state index in [0.29, 0.717) is 36.4 Å². The zero-order valence-electron chi connectivity index (χ0n) is 17.9. The number of hydrogen-bond donors (Lipinski definition) is 2. The minimum absolute atomic E-state index is 0.0164. The molecule has 0 aliphatic rings. The molecular formula is C23H29ClN2O4. The molecule has 0 bridgehead atoms. The van der Waals surface area contributed by atoms with Crippen LogP contribution >= 0.6 is 11.6 Å². The van der Waals surface area contributed by atoms with Crippen LogP contribution in [-0.2, 0) is 6.54 Å². The predicted molar refractivity (Wildman–Crippen MR) is 118 cm³/mol. The number of rotatable bonds is 9. The fraction of sp³-hybridized carbons (Fsp3) is 0.435. The molecule has 0 saturated carbocycles. The second kappa shape index (κ2) is 10.4. The number of aryl methyl sites for hydroxylation is 1. The van der Waals surface area contributed by atoms with Gasteiger partial charge in [-0.05, 0) is 48.9 Å². The van der Waals surface area contributed by atoms with Crippen LogP contribution in [0.25, 0.3) is 0 Å². The first-order chi connectivity index (χ1) is 14.1. The van der Waals surface area contributed by atoms with Gasteiger partial charge in [0.1, 0.15) is 11.3 Å². The summed E-state index contributed by atoms with van der Waals surface area (Å²) in [5, 5.41) is 13.1. The van der Waals surface area contributed by atoms with Gasteiger partial charge in [0.05, 0.1) is 5.56 Å². The van der Waals surface area contributed by atoms with Gasteiger partial charge in [-0.15, -0.1) is 0 Å². The Morgan fingerprint density at radius 1 is 1.07 bits per heavy atom. The van der Waals surface area contributed by atoms with E-state index in [-0.39, 0.29) is 22.4 Å². The van der Waals surface area contributed by atoms with Crippen LogP contribution in [0.15, 0.2) is 35.3 Å². The lowest BCUT2D eigenvalue weighted by molar-refractivity contribution is 0.0950. The molecule has 2 rings (SSSR count). The maximum absolute atomic E-state index is 13.0. The molecule has 6 nitrogen and oxygen atoms in total. The van der Waals surface area contributed by atoms with Crippen LogP contribution in [0.1, 0.15) is 66.8 Å². The number of benzene rings is 1. The van der Waals surface area contributed by atoms with Crippen molar-refractivity contribution in [3.8, 4) is 5.75 Å². The number of nitrogens with zero attached hydrogens (tertiary/aromatic N) is 1. The van der Waals surface area contributed by atoms with Crippen LogP contribution in [-0.4, -0.2) is 27.9 Å². The molecule has 0 radical (unpaired) electrons. The van der Waals surface area contributed by atoms with E-state index in [4.69, 9.17) is 11.6 Å². The Morgan fingerprint density at radius 3 is 2.37 bits per heavy atom. The number of ketones is 1. The SMILES string of the molecule is CC(C)CCNC(=O)c1cc(C(=O)c2cc(Cl)ccc2O)cn(CCC(C)C)c1=O. The van der Waals surface area contributed by atoms with Crippen LogP contribution < -0.4 is 10.9 Å². The monoisotopic (exact) mass is 432 g/mol. The van der Waals surface area contributed by atoms with Crippen LogP contribution in [0.3, 0.4) is 0 Å². The second-order valence-corrected chi connectivity index (χ2v) is 8.69. The van der Waals surface area contributed by atoms with Crippen molar-refractivity contribution in [1.29, 1.82) is 0 Å². The van der Waals surface area contributed by atoms with Crippen LogP contribution in [0.2, 0.25) is 5.02 Å². The van der Waals surface area contributed by atoms with Gasteiger partial charge < -0.3 is 15.0 Å². The molecule has 1 aromatic heterocycles. The molecule has 0 atom stereocenters. The number of hydrogen-bond acceptors (Lipinski definition) is 4. The molecule has 2 aromatic rings. The summed E-state index contributed by atoms with van der Waals surface area (Å²) in [4.78, 5) is 38.6. The van der Waals surface area contributed by atoms with Gasteiger partial charge in [0.25, 0.3) is 11.5 Å². The smallest absolute Gasteiger partial charge is 0.263 e. The van der Waals surface area contributed by atoms with Crippen molar-refractivity contribution in [3.05, 3.63) is 62.5 Å². The van der Waals surface area contributed by atoms with Crippen molar-refractivity contribution >= 4 is 23.3 Å². The third-order valence-electron chi connectivity index (χ3n) is 4.75. The van der Waals surface area contributed by atoms with Gasteiger partial charge in [-0.25, -0.2) is 0 Å². The number of aromatic nitrogens is 1. The van der Waals surface area contributed by atoms with Gasteiger partial charge in [-0.2, -0.15) is 0 Å². The van der Waals surface area contributed by atoms with Crippen molar-refractivity contribution in [1.82, 2.24) is 9.88 Å².